The van der Waals surface area contributed by atoms with E-state index in [1.807, 2.05) is 44.3 Å². The van der Waals surface area contributed by atoms with Crippen LogP contribution in [0, 0.1) is 12.7 Å². The number of hydrogen-bond acceptors (Lipinski definition) is 5. The summed E-state index contributed by atoms with van der Waals surface area (Å²) in [5.41, 5.74) is 4.30. The fraction of sp³-hybridized carbons (Fsp3) is 0.185. The summed E-state index contributed by atoms with van der Waals surface area (Å²) in [5, 5.41) is 14.5. The van der Waals surface area contributed by atoms with Crippen LogP contribution in [0.15, 0.2) is 77.7 Å². The fourth-order valence-electron chi connectivity index (χ4n) is 4.38. The predicted molar refractivity (Wildman–Crippen MR) is 135 cm³/mol. The Morgan fingerprint density at radius 1 is 1.03 bits per heavy atom. The monoisotopic (exact) mass is 471 g/mol. The molecule has 0 radical (unpaired) electrons. The maximum absolute atomic E-state index is 15.1. The van der Waals surface area contributed by atoms with Gasteiger partial charge in [-0.15, -0.1) is 0 Å². The molecule has 0 atom stereocenters. The summed E-state index contributed by atoms with van der Waals surface area (Å²) in [6, 6.07) is 12.1. The second-order valence-electron chi connectivity index (χ2n) is 8.77. The van der Waals surface area contributed by atoms with Gasteiger partial charge in [0.1, 0.15) is 17.4 Å². The van der Waals surface area contributed by atoms with Gasteiger partial charge >= 0.3 is 5.69 Å². The van der Waals surface area contributed by atoms with E-state index in [1.54, 1.807) is 31.6 Å². The summed E-state index contributed by atoms with van der Waals surface area (Å²) in [7, 11) is 1.61. The largest absolute Gasteiger partial charge is 0.507 e. The molecule has 0 fully saturated rings. The van der Waals surface area contributed by atoms with Gasteiger partial charge in [-0.05, 0) is 66.9 Å². The molecule has 3 heterocycles. The molecule has 1 aliphatic heterocycles. The number of halogens is 1. The van der Waals surface area contributed by atoms with Crippen LogP contribution in [0.25, 0.3) is 27.9 Å². The summed E-state index contributed by atoms with van der Waals surface area (Å²) in [4.78, 5) is 18.8. The SMILES string of the molecule is CC1=CN(c2cc(-c3cc(C)cc(-c4ccc(-n5ccn(C)c5=O)c(F)c4)c3O)ccn2)CCN1. The minimum Gasteiger partial charge on any atom is -0.507 e. The lowest BCUT2D eigenvalue weighted by atomic mass is 9.95. The molecule has 0 spiro atoms. The van der Waals surface area contributed by atoms with Gasteiger partial charge in [-0.2, -0.15) is 0 Å². The third kappa shape index (κ3) is 4.19. The Bertz CT molecular complexity index is 1520. The maximum Gasteiger partial charge on any atom is 0.332 e. The van der Waals surface area contributed by atoms with Crippen molar-refractivity contribution in [3.8, 4) is 33.7 Å². The maximum atomic E-state index is 15.1. The first-order chi connectivity index (χ1) is 16.8. The van der Waals surface area contributed by atoms with E-state index in [0.29, 0.717) is 16.7 Å². The van der Waals surface area contributed by atoms with Crippen molar-refractivity contribution >= 4 is 5.82 Å². The molecule has 178 valence electrons. The van der Waals surface area contributed by atoms with Crippen LogP contribution in [-0.2, 0) is 7.05 Å². The molecule has 8 heteroatoms. The Morgan fingerprint density at radius 2 is 1.77 bits per heavy atom. The number of nitrogens with one attached hydrogen (secondary N) is 1. The number of pyridine rings is 1. The summed E-state index contributed by atoms with van der Waals surface area (Å²) in [6.45, 7) is 5.55. The number of imidazole rings is 1. The number of aromatic nitrogens is 3. The molecule has 35 heavy (non-hydrogen) atoms. The van der Waals surface area contributed by atoms with Crippen molar-refractivity contribution in [2.75, 3.05) is 18.0 Å². The average molecular weight is 472 g/mol. The number of hydrogen-bond donors (Lipinski definition) is 2. The summed E-state index contributed by atoms with van der Waals surface area (Å²) < 4.78 is 17.7. The molecule has 0 bridgehead atoms. The number of benzene rings is 2. The summed E-state index contributed by atoms with van der Waals surface area (Å²) in [5.74, 6) is 0.295. The molecule has 1 aliphatic rings. The van der Waals surface area contributed by atoms with Crippen LogP contribution in [-0.4, -0.2) is 32.3 Å². The first-order valence-electron chi connectivity index (χ1n) is 11.3. The van der Waals surface area contributed by atoms with E-state index in [9.17, 15) is 9.90 Å². The number of anilines is 1. The molecule has 0 amide bonds. The van der Waals surface area contributed by atoms with Crippen molar-refractivity contribution in [2.45, 2.75) is 13.8 Å². The van der Waals surface area contributed by atoms with Crippen LogP contribution in [0.3, 0.4) is 0 Å². The zero-order chi connectivity index (χ0) is 24.7. The predicted octanol–water partition coefficient (Wildman–Crippen LogP) is 4.33. The van der Waals surface area contributed by atoms with Crippen molar-refractivity contribution in [1.82, 2.24) is 19.4 Å². The van der Waals surface area contributed by atoms with Gasteiger partial charge in [-0.1, -0.05) is 6.07 Å². The number of aryl methyl sites for hydroxylation is 2. The number of aromatic hydroxyl groups is 1. The van der Waals surface area contributed by atoms with Crippen molar-refractivity contribution < 1.29 is 9.50 Å². The van der Waals surface area contributed by atoms with Gasteiger partial charge in [0.05, 0.1) is 5.69 Å². The summed E-state index contributed by atoms with van der Waals surface area (Å²) in [6.07, 6.45) is 6.84. The fourth-order valence-corrected chi connectivity index (χ4v) is 4.38. The first kappa shape index (κ1) is 22.5. The molecule has 0 aliphatic carbocycles. The van der Waals surface area contributed by atoms with Crippen LogP contribution < -0.4 is 15.9 Å². The van der Waals surface area contributed by atoms with Crippen LogP contribution in [0.2, 0.25) is 0 Å². The molecule has 0 saturated heterocycles. The van der Waals surface area contributed by atoms with Crippen LogP contribution in [0.1, 0.15) is 12.5 Å². The topological polar surface area (TPSA) is 75.3 Å². The molecule has 7 nitrogen and oxygen atoms in total. The highest BCUT2D eigenvalue weighted by molar-refractivity contribution is 5.83. The van der Waals surface area contributed by atoms with Gasteiger partial charge in [0.25, 0.3) is 0 Å². The number of rotatable bonds is 4. The van der Waals surface area contributed by atoms with E-state index >= 15 is 4.39 Å². The Morgan fingerprint density at radius 3 is 2.43 bits per heavy atom. The smallest absolute Gasteiger partial charge is 0.332 e. The van der Waals surface area contributed by atoms with Gasteiger partial charge in [-0.3, -0.25) is 4.57 Å². The Balaban J connectivity index is 1.56. The molecule has 2 aromatic heterocycles. The van der Waals surface area contributed by atoms with Crippen LogP contribution in [0.4, 0.5) is 10.2 Å². The van der Waals surface area contributed by atoms with Gasteiger partial charge in [0.2, 0.25) is 0 Å². The van der Waals surface area contributed by atoms with E-state index in [-0.39, 0.29) is 17.1 Å². The normalized spacial score (nSPS) is 13.5. The number of phenolic OH excluding ortho intramolecular Hbond substituents is 1. The van der Waals surface area contributed by atoms with Crippen LogP contribution >= 0.6 is 0 Å². The quantitative estimate of drug-likeness (QED) is 0.464. The summed E-state index contributed by atoms with van der Waals surface area (Å²) >= 11 is 0. The van der Waals surface area contributed by atoms with E-state index in [2.05, 4.69) is 15.2 Å². The molecule has 2 aromatic carbocycles. The van der Waals surface area contributed by atoms with Gasteiger partial charge in [0, 0.05) is 61.8 Å². The van der Waals surface area contributed by atoms with Crippen LogP contribution in [0.5, 0.6) is 5.75 Å². The Kier molecular flexibility index (Phi) is 5.64. The average Bonchev–Trinajstić information content (AvgIpc) is 3.18. The molecule has 2 N–H and O–H groups in total. The van der Waals surface area contributed by atoms with Crippen molar-refractivity contribution in [2.24, 2.45) is 7.05 Å². The van der Waals surface area contributed by atoms with Crippen molar-refractivity contribution in [3.63, 3.8) is 0 Å². The standard InChI is InChI=1S/C27H26FN5O2/c1-17-12-21(19-4-5-24(23(28)14-19)33-11-10-31(3)27(33)35)26(34)22(13-17)20-6-7-30-25(15-20)32-9-8-29-18(2)16-32/h4-7,10-16,29,34H,8-9H2,1-3H3. The highest BCUT2D eigenvalue weighted by Crippen LogP contribution is 2.40. The first-order valence-corrected chi connectivity index (χ1v) is 11.3. The zero-order valence-corrected chi connectivity index (χ0v) is 19.8. The minimum atomic E-state index is -0.551. The molecule has 0 saturated carbocycles. The van der Waals surface area contributed by atoms with Gasteiger partial charge in [-0.25, -0.2) is 14.2 Å². The zero-order valence-electron chi connectivity index (χ0n) is 19.8. The van der Waals surface area contributed by atoms with E-state index < -0.39 is 5.82 Å². The van der Waals surface area contributed by atoms with Crippen molar-refractivity contribution in [1.29, 1.82) is 0 Å². The van der Waals surface area contributed by atoms with Gasteiger partial charge in [0.15, 0.2) is 0 Å². The highest BCUT2D eigenvalue weighted by atomic mass is 19.1. The molecular weight excluding hydrogens is 445 g/mol. The number of allylic oxidation sites excluding steroid dienone is 1. The Labute approximate surface area is 202 Å². The highest BCUT2D eigenvalue weighted by Gasteiger charge is 2.17. The second-order valence-corrected chi connectivity index (χ2v) is 8.77. The third-order valence-electron chi connectivity index (χ3n) is 6.18. The number of nitrogens with zero attached hydrogens (tertiary/aromatic N) is 4. The van der Waals surface area contributed by atoms with E-state index in [0.717, 1.165) is 35.7 Å². The third-order valence-corrected chi connectivity index (χ3v) is 6.18. The van der Waals surface area contributed by atoms with E-state index in [4.69, 9.17) is 0 Å². The Hall–Kier alpha value is -4.33. The van der Waals surface area contributed by atoms with Gasteiger partial charge < -0.3 is 19.9 Å². The van der Waals surface area contributed by atoms with Crippen molar-refractivity contribution in [3.05, 3.63) is 94.8 Å². The molecule has 4 aromatic rings. The lowest BCUT2D eigenvalue weighted by Gasteiger charge is -2.26. The lowest BCUT2D eigenvalue weighted by molar-refractivity contribution is 0.479. The second kappa shape index (κ2) is 8.79. The number of phenols is 1. The molecule has 0 unspecified atom stereocenters. The molecule has 5 rings (SSSR count). The van der Waals surface area contributed by atoms with E-state index in [1.165, 1.54) is 21.4 Å². The lowest BCUT2D eigenvalue weighted by Crippen LogP contribution is -2.34. The minimum absolute atomic E-state index is 0.0591. The molecular formula is C27H26FN5O2.